The minimum atomic E-state index is -0.148. The predicted octanol–water partition coefficient (Wildman–Crippen LogP) is 0.604. The van der Waals surface area contributed by atoms with Crippen molar-refractivity contribution in [1.29, 1.82) is 0 Å². The van der Waals surface area contributed by atoms with Gasteiger partial charge in [-0.15, -0.1) is 0 Å². The fourth-order valence-corrected chi connectivity index (χ4v) is 0.283. The third-order valence-corrected chi connectivity index (χ3v) is 0.571. The highest BCUT2D eigenvalue weighted by molar-refractivity contribution is 5.99. The monoisotopic (exact) mass is 111 g/mol. The lowest BCUT2D eigenvalue weighted by molar-refractivity contribution is -0.110. The summed E-state index contributed by atoms with van der Waals surface area (Å²) in [5.41, 5.74) is 5.67. The van der Waals surface area contributed by atoms with Crippen LogP contribution in [-0.2, 0) is 4.79 Å². The number of carbonyl (C=O) groups excluding carboxylic acids is 1. The predicted molar refractivity (Wildman–Crippen MR) is 33.1 cm³/mol. The Balaban J connectivity index is 3.89. The molecule has 0 radical (unpaired) electrons. The third-order valence-electron chi connectivity index (χ3n) is 0.571. The number of ketones is 1. The summed E-state index contributed by atoms with van der Waals surface area (Å²) in [6.07, 6.45) is 2.54. The van der Waals surface area contributed by atoms with Crippen LogP contribution in [0.15, 0.2) is 24.4 Å². The SMILES string of the molecule is C=CC(=O)/C=C(/C)N. The van der Waals surface area contributed by atoms with Crippen LogP contribution in [0.5, 0.6) is 0 Å². The first-order chi connectivity index (χ1) is 3.66. The van der Waals surface area contributed by atoms with Crippen LogP contribution in [0.4, 0.5) is 0 Å². The molecular weight excluding hydrogens is 102 g/mol. The molecule has 0 heterocycles. The van der Waals surface area contributed by atoms with Gasteiger partial charge in [-0.2, -0.15) is 0 Å². The minimum absolute atomic E-state index is 0.148. The lowest BCUT2D eigenvalue weighted by Gasteiger charge is -1.83. The summed E-state index contributed by atoms with van der Waals surface area (Å²) in [6, 6.07) is 0. The van der Waals surface area contributed by atoms with E-state index < -0.39 is 0 Å². The van der Waals surface area contributed by atoms with E-state index >= 15 is 0 Å². The van der Waals surface area contributed by atoms with Gasteiger partial charge in [0.05, 0.1) is 0 Å². The van der Waals surface area contributed by atoms with Crippen LogP contribution in [0.2, 0.25) is 0 Å². The van der Waals surface area contributed by atoms with Crippen LogP contribution >= 0.6 is 0 Å². The second-order valence-corrected chi connectivity index (χ2v) is 1.49. The normalized spacial score (nSPS) is 10.9. The van der Waals surface area contributed by atoms with Crippen molar-refractivity contribution in [2.45, 2.75) is 6.92 Å². The number of rotatable bonds is 2. The van der Waals surface area contributed by atoms with Gasteiger partial charge >= 0.3 is 0 Å². The molecule has 0 aliphatic carbocycles. The smallest absolute Gasteiger partial charge is 0.179 e. The third kappa shape index (κ3) is 3.15. The lowest BCUT2D eigenvalue weighted by atomic mass is 10.3. The molecule has 44 valence electrons. The molecular formula is C6H9NO. The van der Waals surface area contributed by atoms with E-state index in [1.807, 2.05) is 0 Å². The van der Waals surface area contributed by atoms with Gasteiger partial charge in [-0.1, -0.05) is 6.58 Å². The molecule has 0 aliphatic rings. The maximum absolute atomic E-state index is 10.3. The highest BCUT2D eigenvalue weighted by atomic mass is 16.1. The van der Waals surface area contributed by atoms with Crippen LogP contribution in [0.3, 0.4) is 0 Å². The van der Waals surface area contributed by atoms with Crippen molar-refractivity contribution < 1.29 is 4.79 Å². The van der Waals surface area contributed by atoms with Gasteiger partial charge in [0.2, 0.25) is 0 Å². The Morgan fingerprint density at radius 2 is 2.25 bits per heavy atom. The standard InChI is InChI=1S/C6H9NO/c1-3-6(8)4-5(2)7/h3-4H,1,7H2,2H3/b5-4-. The molecule has 0 saturated carbocycles. The molecule has 0 bridgehead atoms. The van der Waals surface area contributed by atoms with Gasteiger partial charge in [-0.3, -0.25) is 4.79 Å². The average molecular weight is 111 g/mol. The zero-order chi connectivity index (χ0) is 6.57. The number of carbonyl (C=O) groups is 1. The molecule has 0 aromatic rings. The lowest BCUT2D eigenvalue weighted by Crippen LogP contribution is -1.94. The maximum Gasteiger partial charge on any atom is 0.179 e. The minimum Gasteiger partial charge on any atom is -0.402 e. The van der Waals surface area contributed by atoms with E-state index in [0.717, 1.165) is 0 Å². The fourth-order valence-electron chi connectivity index (χ4n) is 0.283. The van der Waals surface area contributed by atoms with Gasteiger partial charge in [0.25, 0.3) is 0 Å². The number of nitrogens with two attached hydrogens (primary N) is 1. The molecule has 0 aromatic heterocycles. The molecule has 0 atom stereocenters. The Labute approximate surface area is 48.7 Å². The number of hydrogen-bond donors (Lipinski definition) is 1. The maximum atomic E-state index is 10.3. The summed E-state index contributed by atoms with van der Waals surface area (Å²) in [7, 11) is 0. The molecule has 0 amide bonds. The van der Waals surface area contributed by atoms with E-state index in [-0.39, 0.29) is 5.78 Å². The van der Waals surface area contributed by atoms with Gasteiger partial charge in [-0.05, 0) is 13.0 Å². The second kappa shape index (κ2) is 3.02. The second-order valence-electron chi connectivity index (χ2n) is 1.49. The Morgan fingerprint density at radius 1 is 1.75 bits per heavy atom. The number of hydrogen-bond acceptors (Lipinski definition) is 2. The van der Waals surface area contributed by atoms with Crippen LogP contribution in [0.1, 0.15) is 6.92 Å². The topological polar surface area (TPSA) is 43.1 Å². The molecule has 0 spiro atoms. The molecule has 2 heteroatoms. The summed E-state index contributed by atoms with van der Waals surface area (Å²) in [4.78, 5) is 10.3. The van der Waals surface area contributed by atoms with Crippen LogP contribution in [0.25, 0.3) is 0 Å². The Hall–Kier alpha value is -1.05. The van der Waals surface area contributed by atoms with E-state index in [9.17, 15) is 4.79 Å². The van der Waals surface area contributed by atoms with Crippen molar-refractivity contribution >= 4 is 5.78 Å². The highest BCUT2D eigenvalue weighted by Crippen LogP contribution is 1.81. The quantitative estimate of drug-likeness (QED) is 0.530. The highest BCUT2D eigenvalue weighted by Gasteiger charge is 1.84. The molecule has 0 aliphatic heterocycles. The zero-order valence-electron chi connectivity index (χ0n) is 4.85. The van der Waals surface area contributed by atoms with Gasteiger partial charge in [0.15, 0.2) is 5.78 Å². The summed E-state index contributed by atoms with van der Waals surface area (Å²) >= 11 is 0. The van der Waals surface area contributed by atoms with Crippen molar-refractivity contribution in [3.8, 4) is 0 Å². The van der Waals surface area contributed by atoms with Gasteiger partial charge < -0.3 is 5.73 Å². The molecule has 2 nitrogen and oxygen atoms in total. The molecule has 0 rings (SSSR count). The summed E-state index contributed by atoms with van der Waals surface area (Å²) in [5.74, 6) is -0.148. The molecule has 0 saturated heterocycles. The van der Waals surface area contributed by atoms with Crippen molar-refractivity contribution in [3.05, 3.63) is 24.4 Å². The average Bonchev–Trinajstić information content (AvgIpc) is 1.65. The summed E-state index contributed by atoms with van der Waals surface area (Å²) in [5, 5.41) is 0. The number of allylic oxidation sites excluding steroid dienone is 3. The van der Waals surface area contributed by atoms with Crippen molar-refractivity contribution in [2.75, 3.05) is 0 Å². The molecule has 0 fully saturated rings. The molecule has 0 unspecified atom stereocenters. The van der Waals surface area contributed by atoms with E-state index in [0.29, 0.717) is 5.70 Å². The van der Waals surface area contributed by atoms with E-state index in [1.54, 1.807) is 6.92 Å². The fraction of sp³-hybridized carbons (Fsp3) is 0.167. The largest absolute Gasteiger partial charge is 0.402 e. The summed E-state index contributed by atoms with van der Waals surface area (Å²) in [6.45, 7) is 4.92. The molecule has 2 N–H and O–H groups in total. The van der Waals surface area contributed by atoms with Gasteiger partial charge in [-0.25, -0.2) is 0 Å². The Morgan fingerprint density at radius 3 is 2.38 bits per heavy atom. The van der Waals surface area contributed by atoms with E-state index in [2.05, 4.69) is 6.58 Å². The molecule has 8 heavy (non-hydrogen) atoms. The first kappa shape index (κ1) is 6.95. The van der Waals surface area contributed by atoms with Crippen molar-refractivity contribution in [3.63, 3.8) is 0 Å². The van der Waals surface area contributed by atoms with E-state index in [1.165, 1.54) is 12.2 Å². The van der Waals surface area contributed by atoms with Crippen molar-refractivity contribution in [2.24, 2.45) is 5.73 Å². The molecule has 0 aromatic carbocycles. The van der Waals surface area contributed by atoms with Gasteiger partial charge in [0.1, 0.15) is 0 Å². The van der Waals surface area contributed by atoms with Crippen molar-refractivity contribution in [1.82, 2.24) is 0 Å². The van der Waals surface area contributed by atoms with Crippen LogP contribution in [-0.4, -0.2) is 5.78 Å². The summed E-state index contributed by atoms with van der Waals surface area (Å²) < 4.78 is 0. The van der Waals surface area contributed by atoms with Crippen LogP contribution < -0.4 is 5.73 Å². The van der Waals surface area contributed by atoms with E-state index in [4.69, 9.17) is 5.73 Å². The Bertz CT molecular complexity index is 131. The first-order valence-corrected chi connectivity index (χ1v) is 2.27. The zero-order valence-corrected chi connectivity index (χ0v) is 4.85. The van der Waals surface area contributed by atoms with Crippen LogP contribution in [0, 0.1) is 0 Å². The Kier molecular flexibility index (Phi) is 2.62. The van der Waals surface area contributed by atoms with Gasteiger partial charge in [0, 0.05) is 11.8 Å². The first-order valence-electron chi connectivity index (χ1n) is 2.27.